The van der Waals surface area contributed by atoms with Gasteiger partial charge in [0.15, 0.2) is 0 Å². The third kappa shape index (κ3) is 1.22. The monoisotopic (exact) mass is 201 g/mol. The number of allylic oxidation sites excluding steroid dienone is 4. The van der Waals surface area contributed by atoms with Crippen LogP contribution in [0.25, 0.3) is 0 Å². The Hall–Kier alpha value is -0.980. The lowest BCUT2D eigenvalue weighted by atomic mass is 9.70. The van der Waals surface area contributed by atoms with Gasteiger partial charge in [-0.05, 0) is 37.7 Å². The highest BCUT2D eigenvalue weighted by atomic mass is 15.0. The Morgan fingerprint density at radius 2 is 2.27 bits per heavy atom. The van der Waals surface area contributed by atoms with E-state index in [-0.39, 0.29) is 5.54 Å². The van der Waals surface area contributed by atoms with Gasteiger partial charge in [-0.25, -0.2) is 0 Å². The number of hydrogen-bond donors (Lipinski definition) is 1. The first-order chi connectivity index (χ1) is 7.21. The average molecular weight is 201 g/mol. The van der Waals surface area contributed by atoms with E-state index in [9.17, 15) is 0 Å². The summed E-state index contributed by atoms with van der Waals surface area (Å²) in [4.78, 5) is 0. The number of rotatable bonds is 0. The van der Waals surface area contributed by atoms with Gasteiger partial charge < -0.3 is 5.32 Å². The molecule has 0 aromatic rings. The smallest absolute Gasteiger partial charge is 0.0596 e. The molecule has 0 bridgehead atoms. The van der Waals surface area contributed by atoms with Crippen molar-refractivity contribution in [1.29, 1.82) is 0 Å². The van der Waals surface area contributed by atoms with E-state index in [0.717, 1.165) is 5.92 Å². The summed E-state index contributed by atoms with van der Waals surface area (Å²) in [6.45, 7) is 4.72. The first-order valence-corrected chi connectivity index (χ1v) is 6.06. The van der Waals surface area contributed by atoms with Crippen LogP contribution < -0.4 is 5.32 Å². The third-order valence-electron chi connectivity index (χ3n) is 4.15. The summed E-state index contributed by atoms with van der Waals surface area (Å²) in [6, 6.07) is 0. The Kier molecular flexibility index (Phi) is 1.86. The number of hydrogen-bond acceptors (Lipinski definition) is 1. The molecule has 0 spiro atoms. The van der Waals surface area contributed by atoms with Crippen molar-refractivity contribution in [2.24, 2.45) is 11.8 Å². The Balaban J connectivity index is 2.05. The molecule has 3 rings (SSSR count). The molecule has 3 aliphatic rings. The molecular formula is C14H19N. The van der Waals surface area contributed by atoms with Crippen LogP contribution in [-0.4, -0.2) is 5.54 Å². The van der Waals surface area contributed by atoms with E-state index in [2.05, 4.69) is 43.5 Å². The van der Waals surface area contributed by atoms with Crippen molar-refractivity contribution in [3.8, 4) is 0 Å². The van der Waals surface area contributed by atoms with Crippen LogP contribution in [0.3, 0.4) is 0 Å². The minimum Gasteiger partial charge on any atom is -0.379 e. The van der Waals surface area contributed by atoms with Crippen molar-refractivity contribution in [2.45, 2.75) is 38.6 Å². The minimum atomic E-state index is 0.191. The van der Waals surface area contributed by atoms with Crippen molar-refractivity contribution in [3.05, 3.63) is 35.6 Å². The normalized spacial score (nSPS) is 42.5. The fourth-order valence-electron chi connectivity index (χ4n) is 3.54. The van der Waals surface area contributed by atoms with Gasteiger partial charge >= 0.3 is 0 Å². The average Bonchev–Trinajstić information content (AvgIpc) is 2.50. The maximum Gasteiger partial charge on any atom is 0.0596 e. The predicted molar refractivity (Wildman–Crippen MR) is 63.4 cm³/mol. The molecule has 0 aromatic carbocycles. The van der Waals surface area contributed by atoms with E-state index in [1.165, 1.54) is 25.0 Å². The maximum atomic E-state index is 3.74. The summed E-state index contributed by atoms with van der Waals surface area (Å²) in [5.74, 6) is 1.46. The first kappa shape index (κ1) is 9.26. The molecule has 0 fully saturated rings. The first-order valence-electron chi connectivity index (χ1n) is 6.06. The summed E-state index contributed by atoms with van der Waals surface area (Å²) in [5.41, 5.74) is 3.28. The van der Waals surface area contributed by atoms with Crippen molar-refractivity contribution < 1.29 is 0 Å². The minimum absolute atomic E-state index is 0.191. The number of fused-ring (bicyclic) bond motifs is 2. The maximum absolute atomic E-state index is 3.74. The zero-order chi connectivity index (χ0) is 10.5. The van der Waals surface area contributed by atoms with Gasteiger partial charge in [0, 0.05) is 11.6 Å². The molecular weight excluding hydrogens is 182 g/mol. The van der Waals surface area contributed by atoms with Crippen LogP contribution in [0.5, 0.6) is 0 Å². The molecule has 1 heterocycles. The van der Waals surface area contributed by atoms with Crippen molar-refractivity contribution in [1.82, 2.24) is 5.32 Å². The van der Waals surface area contributed by atoms with Crippen LogP contribution in [-0.2, 0) is 0 Å². The Morgan fingerprint density at radius 3 is 3.13 bits per heavy atom. The summed E-state index contributed by atoms with van der Waals surface area (Å²) in [5, 5.41) is 3.74. The standard InChI is InChI=1S/C14H19N/c1-10-6-5-9-14(2)13(10)11-7-3-4-8-12(11)15-14/h3,5,7,9-10,13,15H,4,6,8H2,1-2H3/t10-,13?,14?/m0/s1. The van der Waals surface area contributed by atoms with Gasteiger partial charge in [0.05, 0.1) is 5.54 Å². The van der Waals surface area contributed by atoms with Gasteiger partial charge in [0.1, 0.15) is 0 Å². The van der Waals surface area contributed by atoms with E-state index in [4.69, 9.17) is 0 Å². The van der Waals surface area contributed by atoms with Crippen molar-refractivity contribution >= 4 is 0 Å². The molecule has 0 radical (unpaired) electrons. The van der Waals surface area contributed by atoms with Gasteiger partial charge in [-0.3, -0.25) is 0 Å². The van der Waals surface area contributed by atoms with Gasteiger partial charge in [-0.1, -0.05) is 31.2 Å². The molecule has 1 heteroatoms. The third-order valence-corrected chi connectivity index (χ3v) is 4.15. The van der Waals surface area contributed by atoms with E-state index in [0.29, 0.717) is 5.92 Å². The number of nitrogens with one attached hydrogen (secondary N) is 1. The fourth-order valence-corrected chi connectivity index (χ4v) is 3.54. The van der Waals surface area contributed by atoms with Crippen LogP contribution in [0, 0.1) is 11.8 Å². The molecule has 1 N–H and O–H groups in total. The topological polar surface area (TPSA) is 12.0 Å². The lowest BCUT2D eigenvalue weighted by Crippen LogP contribution is -2.45. The quantitative estimate of drug-likeness (QED) is 0.594. The lowest BCUT2D eigenvalue weighted by molar-refractivity contribution is 0.281. The molecule has 80 valence electrons. The molecule has 2 unspecified atom stereocenters. The van der Waals surface area contributed by atoms with E-state index in [1.54, 1.807) is 5.57 Å². The van der Waals surface area contributed by atoms with Gasteiger partial charge in [-0.2, -0.15) is 0 Å². The zero-order valence-electron chi connectivity index (χ0n) is 9.59. The van der Waals surface area contributed by atoms with Crippen LogP contribution in [0.1, 0.15) is 33.1 Å². The Bertz CT molecular complexity index is 375. The lowest BCUT2D eigenvalue weighted by Gasteiger charge is -2.37. The molecule has 0 saturated carbocycles. The van der Waals surface area contributed by atoms with Crippen LogP contribution >= 0.6 is 0 Å². The molecule has 0 amide bonds. The second kappa shape index (κ2) is 3.01. The highest BCUT2D eigenvalue weighted by molar-refractivity contribution is 5.43. The largest absolute Gasteiger partial charge is 0.379 e. The molecule has 2 aliphatic carbocycles. The highest BCUT2D eigenvalue weighted by Gasteiger charge is 2.45. The van der Waals surface area contributed by atoms with E-state index >= 15 is 0 Å². The van der Waals surface area contributed by atoms with Crippen LogP contribution in [0.2, 0.25) is 0 Å². The zero-order valence-corrected chi connectivity index (χ0v) is 9.59. The SMILES string of the molecule is C[C@H]1CC=CC2(C)NC3=C(C=CCC3)C12. The second-order valence-electron chi connectivity index (χ2n) is 5.38. The van der Waals surface area contributed by atoms with Gasteiger partial charge in [-0.15, -0.1) is 0 Å². The summed E-state index contributed by atoms with van der Waals surface area (Å²) in [7, 11) is 0. The molecule has 15 heavy (non-hydrogen) atoms. The molecule has 1 nitrogen and oxygen atoms in total. The fraction of sp³-hybridized carbons (Fsp3) is 0.571. The highest BCUT2D eigenvalue weighted by Crippen LogP contribution is 2.46. The summed E-state index contributed by atoms with van der Waals surface area (Å²) >= 11 is 0. The van der Waals surface area contributed by atoms with E-state index in [1.807, 2.05) is 0 Å². The van der Waals surface area contributed by atoms with Crippen molar-refractivity contribution in [3.63, 3.8) is 0 Å². The van der Waals surface area contributed by atoms with E-state index < -0.39 is 0 Å². The van der Waals surface area contributed by atoms with Gasteiger partial charge in [0.25, 0.3) is 0 Å². The van der Waals surface area contributed by atoms with Crippen LogP contribution in [0.4, 0.5) is 0 Å². The molecule has 3 atom stereocenters. The second-order valence-corrected chi connectivity index (χ2v) is 5.38. The Labute approximate surface area is 91.9 Å². The Morgan fingerprint density at radius 1 is 1.40 bits per heavy atom. The molecule has 0 saturated heterocycles. The van der Waals surface area contributed by atoms with Crippen LogP contribution in [0.15, 0.2) is 35.6 Å². The molecule has 1 aliphatic heterocycles. The summed E-state index contributed by atoms with van der Waals surface area (Å²) < 4.78 is 0. The van der Waals surface area contributed by atoms with Crippen molar-refractivity contribution in [2.75, 3.05) is 0 Å². The van der Waals surface area contributed by atoms with Gasteiger partial charge in [0.2, 0.25) is 0 Å². The predicted octanol–water partition coefficient (Wildman–Crippen LogP) is 3.16. The summed E-state index contributed by atoms with van der Waals surface area (Å²) in [6.07, 6.45) is 13.0. The molecule has 0 aromatic heterocycles.